The first kappa shape index (κ1) is 16.5. The number of nitrogens with one attached hydrogen (secondary N) is 1. The van der Waals surface area contributed by atoms with Gasteiger partial charge in [-0.3, -0.25) is 0 Å². The van der Waals surface area contributed by atoms with Crippen molar-refractivity contribution in [2.24, 2.45) is 5.92 Å². The third kappa shape index (κ3) is 3.85. The first-order chi connectivity index (χ1) is 10.5. The molecule has 0 fully saturated rings. The Kier molecular flexibility index (Phi) is 5.55. The monoisotopic (exact) mass is 302 g/mol. The van der Waals surface area contributed by atoms with Crippen LogP contribution < -0.4 is 10.1 Å². The van der Waals surface area contributed by atoms with E-state index in [4.69, 9.17) is 4.74 Å². The highest BCUT2D eigenvalue weighted by atomic mass is 16.5. The van der Waals surface area contributed by atoms with Crippen molar-refractivity contribution in [3.05, 3.63) is 41.2 Å². The lowest BCUT2D eigenvalue weighted by atomic mass is 9.96. The molecule has 0 spiro atoms. The lowest BCUT2D eigenvalue weighted by Gasteiger charge is -2.23. The summed E-state index contributed by atoms with van der Waals surface area (Å²) in [5.74, 6) is 1.36. The molecule has 2 aromatic rings. The van der Waals surface area contributed by atoms with E-state index in [0.29, 0.717) is 5.92 Å². The number of ether oxygens (including phenoxy) is 1. The van der Waals surface area contributed by atoms with Gasteiger partial charge >= 0.3 is 0 Å². The van der Waals surface area contributed by atoms with Crippen molar-refractivity contribution < 1.29 is 4.74 Å². The second-order valence-electron chi connectivity index (χ2n) is 5.80. The molecule has 0 aliphatic carbocycles. The van der Waals surface area contributed by atoms with Gasteiger partial charge in [0.2, 0.25) is 0 Å². The summed E-state index contributed by atoms with van der Waals surface area (Å²) in [5, 5.41) is 12.5. The van der Waals surface area contributed by atoms with E-state index in [0.717, 1.165) is 30.2 Å². The van der Waals surface area contributed by atoms with Gasteiger partial charge in [-0.1, -0.05) is 26.0 Å². The highest BCUT2D eigenvalue weighted by Crippen LogP contribution is 2.24. The second kappa shape index (κ2) is 7.40. The number of aryl methyl sites for hydroxylation is 2. The van der Waals surface area contributed by atoms with Crippen molar-refractivity contribution in [2.45, 2.75) is 46.8 Å². The molecule has 1 unspecified atom stereocenters. The van der Waals surface area contributed by atoms with E-state index in [-0.39, 0.29) is 6.04 Å². The van der Waals surface area contributed by atoms with Gasteiger partial charge in [-0.15, -0.1) is 0 Å². The van der Waals surface area contributed by atoms with Crippen LogP contribution in [0.3, 0.4) is 0 Å². The van der Waals surface area contributed by atoms with Gasteiger partial charge in [0.1, 0.15) is 5.75 Å². The van der Waals surface area contributed by atoms with E-state index in [1.165, 1.54) is 5.56 Å². The molecule has 1 atom stereocenters. The van der Waals surface area contributed by atoms with Crippen LogP contribution in [0, 0.1) is 12.8 Å². The number of benzene rings is 1. The minimum atomic E-state index is 0.275. The standard InChI is InChI=1S/C17H26N4O/c1-6-21-19-13(4)16(20-21)11-18-17(12(2)3)14-7-9-15(22-5)10-8-14/h7-10,12,17-18H,6,11H2,1-5H3. The zero-order chi connectivity index (χ0) is 16.1. The first-order valence-electron chi connectivity index (χ1n) is 7.83. The third-order valence-corrected chi connectivity index (χ3v) is 3.83. The minimum absolute atomic E-state index is 0.275. The van der Waals surface area contributed by atoms with Crippen LogP contribution in [-0.4, -0.2) is 22.1 Å². The molecule has 22 heavy (non-hydrogen) atoms. The number of methoxy groups -OCH3 is 1. The Morgan fingerprint density at radius 1 is 1.18 bits per heavy atom. The van der Waals surface area contributed by atoms with Crippen molar-refractivity contribution in [1.29, 1.82) is 0 Å². The Balaban J connectivity index is 2.09. The van der Waals surface area contributed by atoms with Crippen LogP contribution in [0.4, 0.5) is 0 Å². The quantitative estimate of drug-likeness (QED) is 0.854. The van der Waals surface area contributed by atoms with Gasteiger partial charge in [0.05, 0.1) is 25.0 Å². The van der Waals surface area contributed by atoms with Gasteiger partial charge in [-0.05, 0) is 37.5 Å². The van der Waals surface area contributed by atoms with E-state index in [1.807, 2.05) is 26.0 Å². The van der Waals surface area contributed by atoms with Crippen LogP contribution in [0.15, 0.2) is 24.3 Å². The maximum Gasteiger partial charge on any atom is 0.118 e. The van der Waals surface area contributed by atoms with Crippen molar-refractivity contribution >= 4 is 0 Å². The molecule has 1 N–H and O–H groups in total. The normalized spacial score (nSPS) is 12.6. The number of aromatic nitrogens is 3. The van der Waals surface area contributed by atoms with Crippen molar-refractivity contribution in [1.82, 2.24) is 20.3 Å². The summed E-state index contributed by atoms with van der Waals surface area (Å²) in [6, 6.07) is 8.52. The number of hydrogen-bond donors (Lipinski definition) is 1. The highest BCUT2D eigenvalue weighted by molar-refractivity contribution is 5.29. The predicted octanol–water partition coefficient (Wildman–Crippen LogP) is 3.10. The molecule has 120 valence electrons. The zero-order valence-electron chi connectivity index (χ0n) is 14.1. The van der Waals surface area contributed by atoms with Gasteiger partial charge in [0, 0.05) is 12.6 Å². The van der Waals surface area contributed by atoms with Crippen LogP contribution in [0.5, 0.6) is 5.75 Å². The van der Waals surface area contributed by atoms with E-state index < -0.39 is 0 Å². The fourth-order valence-electron chi connectivity index (χ4n) is 2.53. The molecule has 5 nitrogen and oxygen atoms in total. The van der Waals surface area contributed by atoms with Crippen LogP contribution in [0.2, 0.25) is 0 Å². The molecule has 0 amide bonds. The lowest BCUT2D eigenvalue weighted by Crippen LogP contribution is -2.25. The van der Waals surface area contributed by atoms with E-state index in [9.17, 15) is 0 Å². The Bertz CT molecular complexity index is 589. The summed E-state index contributed by atoms with van der Waals surface area (Å²) in [7, 11) is 1.69. The predicted molar refractivity (Wildman–Crippen MR) is 87.8 cm³/mol. The molecule has 0 saturated heterocycles. The topological polar surface area (TPSA) is 52.0 Å². The molecule has 0 aliphatic rings. The lowest BCUT2D eigenvalue weighted by molar-refractivity contribution is 0.401. The van der Waals surface area contributed by atoms with Crippen LogP contribution in [0.25, 0.3) is 0 Å². The van der Waals surface area contributed by atoms with Crippen LogP contribution in [-0.2, 0) is 13.1 Å². The third-order valence-electron chi connectivity index (χ3n) is 3.83. The molecule has 0 saturated carbocycles. The first-order valence-corrected chi connectivity index (χ1v) is 7.83. The molecular formula is C17H26N4O. The smallest absolute Gasteiger partial charge is 0.118 e. The van der Waals surface area contributed by atoms with Gasteiger partial charge in [-0.25, -0.2) is 0 Å². The van der Waals surface area contributed by atoms with Gasteiger partial charge in [-0.2, -0.15) is 15.0 Å². The second-order valence-corrected chi connectivity index (χ2v) is 5.80. The van der Waals surface area contributed by atoms with E-state index in [2.05, 4.69) is 41.5 Å². The fourth-order valence-corrected chi connectivity index (χ4v) is 2.53. The average Bonchev–Trinajstić information content (AvgIpc) is 2.88. The maximum atomic E-state index is 5.23. The number of hydrogen-bond acceptors (Lipinski definition) is 4. The molecule has 5 heteroatoms. The Morgan fingerprint density at radius 3 is 2.36 bits per heavy atom. The summed E-state index contributed by atoms with van der Waals surface area (Å²) in [5.41, 5.74) is 3.27. The SMILES string of the molecule is CCn1nc(C)c(CNC(c2ccc(OC)cc2)C(C)C)n1. The molecule has 1 heterocycles. The molecule has 0 aliphatic heterocycles. The van der Waals surface area contributed by atoms with Crippen molar-refractivity contribution in [3.8, 4) is 5.75 Å². The largest absolute Gasteiger partial charge is 0.497 e. The van der Waals surface area contributed by atoms with Gasteiger partial charge < -0.3 is 10.1 Å². The fraction of sp³-hybridized carbons (Fsp3) is 0.529. The van der Waals surface area contributed by atoms with Crippen molar-refractivity contribution in [3.63, 3.8) is 0 Å². The summed E-state index contributed by atoms with van der Waals surface area (Å²) < 4.78 is 5.23. The maximum absolute atomic E-state index is 5.23. The Morgan fingerprint density at radius 2 is 1.86 bits per heavy atom. The highest BCUT2D eigenvalue weighted by Gasteiger charge is 2.17. The van der Waals surface area contributed by atoms with Crippen molar-refractivity contribution in [2.75, 3.05) is 7.11 Å². The molecule has 1 aromatic heterocycles. The molecular weight excluding hydrogens is 276 g/mol. The van der Waals surface area contributed by atoms with Gasteiger partial charge in [0.15, 0.2) is 0 Å². The van der Waals surface area contributed by atoms with Gasteiger partial charge in [0.25, 0.3) is 0 Å². The summed E-state index contributed by atoms with van der Waals surface area (Å²) in [6.45, 7) is 10.0. The Hall–Kier alpha value is -1.88. The summed E-state index contributed by atoms with van der Waals surface area (Å²) in [6.07, 6.45) is 0. The minimum Gasteiger partial charge on any atom is -0.497 e. The van der Waals surface area contributed by atoms with Crippen LogP contribution in [0.1, 0.15) is 43.8 Å². The molecule has 2 rings (SSSR count). The number of rotatable bonds is 7. The van der Waals surface area contributed by atoms with E-state index in [1.54, 1.807) is 11.9 Å². The number of nitrogens with zero attached hydrogens (tertiary/aromatic N) is 3. The Labute approximate surface area is 132 Å². The summed E-state index contributed by atoms with van der Waals surface area (Å²) >= 11 is 0. The molecule has 0 radical (unpaired) electrons. The van der Waals surface area contributed by atoms with Crippen LogP contribution >= 0.6 is 0 Å². The zero-order valence-corrected chi connectivity index (χ0v) is 14.1. The molecule has 0 bridgehead atoms. The summed E-state index contributed by atoms with van der Waals surface area (Å²) in [4.78, 5) is 1.74. The molecule has 1 aromatic carbocycles. The van der Waals surface area contributed by atoms with E-state index >= 15 is 0 Å². The average molecular weight is 302 g/mol.